The highest BCUT2D eigenvalue weighted by Gasteiger charge is 2.32. The van der Waals surface area contributed by atoms with Crippen LogP contribution in [-0.2, 0) is 14.8 Å². The highest BCUT2D eigenvalue weighted by molar-refractivity contribution is 7.92. The van der Waals surface area contributed by atoms with Crippen molar-refractivity contribution < 1.29 is 22.7 Å². The predicted octanol–water partition coefficient (Wildman–Crippen LogP) is 4.09. The summed E-state index contributed by atoms with van der Waals surface area (Å²) in [6.07, 6.45) is 1.34. The fourth-order valence-corrected chi connectivity index (χ4v) is 4.72. The standard InChI is InChI=1S/C22H29ClN2O5S/c1-7-20(25(31(6,27)28)16-9-8-14(2)19(23)12-16)22(26)24-15(3)18-13-17(29-4)10-11-21(18)30-5/h8-13,15,20H,7H2,1-6H3,(H,24,26)/t15-,20+/m0/s1. The molecule has 0 unspecified atom stereocenters. The summed E-state index contributed by atoms with van der Waals surface area (Å²) in [4.78, 5) is 13.2. The average Bonchev–Trinajstić information content (AvgIpc) is 2.72. The number of benzene rings is 2. The Bertz CT molecular complexity index is 1040. The van der Waals surface area contributed by atoms with Gasteiger partial charge in [0.1, 0.15) is 17.5 Å². The first-order valence-corrected chi connectivity index (χ1v) is 12.0. The van der Waals surface area contributed by atoms with E-state index in [0.29, 0.717) is 27.8 Å². The van der Waals surface area contributed by atoms with E-state index in [-0.39, 0.29) is 6.42 Å². The monoisotopic (exact) mass is 468 g/mol. The maximum absolute atomic E-state index is 13.2. The maximum Gasteiger partial charge on any atom is 0.244 e. The van der Waals surface area contributed by atoms with E-state index in [9.17, 15) is 13.2 Å². The summed E-state index contributed by atoms with van der Waals surface area (Å²) in [6.45, 7) is 5.38. The minimum Gasteiger partial charge on any atom is -0.497 e. The van der Waals surface area contributed by atoms with Gasteiger partial charge in [-0.3, -0.25) is 9.10 Å². The molecule has 1 amide bonds. The Morgan fingerprint density at radius 3 is 2.35 bits per heavy atom. The highest BCUT2D eigenvalue weighted by atomic mass is 35.5. The number of anilines is 1. The van der Waals surface area contributed by atoms with Crippen molar-refractivity contribution in [3.8, 4) is 11.5 Å². The molecule has 2 aromatic carbocycles. The first-order chi connectivity index (χ1) is 14.5. The topological polar surface area (TPSA) is 84.9 Å². The third-order valence-electron chi connectivity index (χ3n) is 5.00. The van der Waals surface area contributed by atoms with Gasteiger partial charge < -0.3 is 14.8 Å². The summed E-state index contributed by atoms with van der Waals surface area (Å²) in [5.74, 6) is 0.782. The summed E-state index contributed by atoms with van der Waals surface area (Å²) in [6, 6.07) is 8.82. The van der Waals surface area contributed by atoms with Gasteiger partial charge in [-0.25, -0.2) is 8.42 Å². The van der Waals surface area contributed by atoms with Crippen LogP contribution >= 0.6 is 11.6 Å². The molecule has 0 radical (unpaired) electrons. The Labute approximate surface area is 189 Å². The van der Waals surface area contributed by atoms with E-state index in [2.05, 4.69) is 5.32 Å². The molecule has 0 bridgehead atoms. The van der Waals surface area contributed by atoms with Gasteiger partial charge in [-0.05, 0) is 56.2 Å². The molecule has 0 aliphatic heterocycles. The minimum atomic E-state index is -3.76. The van der Waals surface area contributed by atoms with Gasteiger partial charge in [-0.2, -0.15) is 0 Å². The molecule has 0 saturated heterocycles. The molecular formula is C22H29ClN2O5S. The second-order valence-electron chi connectivity index (χ2n) is 7.25. The smallest absolute Gasteiger partial charge is 0.244 e. The normalized spacial score (nSPS) is 13.3. The van der Waals surface area contributed by atoms with E-state index < -0.39 is 28.0 Å². The lowest BCUT2D eigenvalue weighted by atomic mass is 10.1. The predicted molar refractivity (Wildman–Crippen MR) is 124 cm³/mol. The van der Waals surface area contributed by atoms with Crippen molar-refractivity contribution in [1.29, 1.82) is 0 Å². The SMILES string of the molecule is CC[C@H](C(=O)N[C@@H](C)c1cc(OC)ccc1OC)N(c1ccc(C)c(Cl)c1)S(C)(=O)=O. The van der Waals surface area contributed by atoms with Gasteiger partial charge in [-0.15, -0.1) is 0 Å². The number of hydrogen-bond donors (Lipinski definition) is 1. The van der Waals surface area contributed by atoms with Crippen molar-refractivity contribution in [2.45, 2.75) is 39.3 Å². The molecule has 1 N–H and O–H groups in total. The van der Waals surface area contributed by atoms with E-state index >= 15 is 0 Å². The van der Waals surface area contributed by atoms with Crippen molar-refractivity contribution in [1.82, 2.24) is 5.32 Å². The van der Waals surface area contributed by atoms with E-state index in [1.807, 2.05) is 6.92 Å². The van der Waals surface area contributed by atoms with Gasteiger partial charge in [0.2, 0.25) is 15.9 Å². The molecule has 170 valence electrons. The van der Waals surface area contributed by atoms with Crippen LogP contribution in [0.2, 0.25) is 5.02 Å². The Kier molecular flexibility index (Phi) is 8.20. The molecule has 2 aromatic rings. The number of nitrogens with zero attached hydrogens (tertiary/aromatic N) is 1. The zero-order valence-electron chi connectivity index (χ0n) is 18.6. The van der Waals surface area contributed by atoms with Crippen LogP contribution in [0.5, 0.6) is 11.5 Å². The number of nitrogens with one attached hydrogen (secondary N) is 1. The van der Waals surface area contributed by atoms with E-state index in [1.165, 1.54) is 0 Å². The number of ether oxygens (including phenoxy) is 2. The molecule has 0 spiro atoms. The number of methoxy groups -OCH3 is 2. The van der Waals surface area contributed by atoms with E-state index in [0.717, 1.165) is 16.1 Å². The van der Waals surface area contributed by atoms with Crippen LogP contribution in [0.25, 0.3) is 0 Å². The lowest BCUT2D eigenvalue weighted by molar-refractivity contribution is -0.122. The Morgan fingerprint density at radius 2 is 1.84 bits per heavy atom. The second kappa shape index (κ2) is 10.2. The number of carbonyl (C=O) groups excluding carboxylic acids is 1. The van der Waals surface area contributed by atoms with Crippen molar-refractivity contribution in [3.63, 3.8) is 0 Å². The van der Waals surface area contributed by atoms with Gasteiger partial charge in [0.05, 0.1) is 32.2 Å². The van der Waals surface area contributed by atoms with Crippen molar-refractivity contribution >= 4 is 33.2 Å². The molecule has 0 saturated carbocycles. The summed E-state index contributed by atoms with van der Waals surface area (Å²) >= 11 is 6.21. The van der Waals surface area contributed by atoms with Crippen LogP contribution in [0.15, 0.2) is 36.4 Å². The second-order valence-corrected chi connectivity index (χ2v) is 9.52. The van der Waals surface area contributed by atoms with Gasteiger partial charge in [0.25, 0.3) is 0 Å². The largest absolute Gasteiger partial charge is 0.497 e. The summed E-state index contributed by atoms with van der Waals surface area (Å²) in [5.41, 5.74) is 1.87. The molecule has 0 aromatic heterocycles. The highest BCUT2D eigenvalue weighted by Crippen LogP contribution is 2.31. The molecule has 7 nitrogen and oxygen atoms in total. The third-order valence-corrected chi connectivity index (χ3v) is 6.59. The molecule has 0 heterocycles. The number of sulfonamides is 1. The minimum absolute atomic E-state index is 0.270. The summed E-state index contributed by atoms with van der Waals surface area (Å²) in [7, 11) is -0.662. The quantitative estimate of drug-likeness (QED) is 0.599. The van der Waals surface area contributed by atoms with E-state index in [4.69, 9.17) is 21.1 Å². The van der Waals surface area contributed by atoms with Crippen molar-refractivity contribution in [2.24, 2.45) is 0 Å². The van der Waals surface area contributed by atoms with Crippen molar-refractivity contribution in [3.05, 3.63) is 52.5 Å². The van der Waals surface area contributed by atoms with Crippen LogP contribution < -0.4 is 19.1 Å². The Morgan fingerprint density at radius 1 is 1.16 bits per heavy atom. The lowest BCUT2D eigenvalue weighted by Gasteiger charge is -2.31. The van der Waals surface area contributed by atoms with Gasteiger partial charge in [0, 0.05) is 10.6 Å². The summed E-state index contributed by atoms with van der Waals surface area (Å²) < 4.78 is 37.1. The number of rotatable bonds is 9. The van der Waals surface area contributed by atoms with E-state index in [1.54, 1.807) is 64.5 Å². The number of hydrogen-bond acceptors (Lipinski definition) is 5. The fraction of sp³-hybridized carbons (Fsp3) is 0.409. The zero-order chi connectivity index (χ0) is 23.3. The van der Waals surface area contributed by atoms with Crippen LogP contribution in [0.3, 0.4) is 0 Å². The number of amides is 1. The number of halogens is 1. The maximum atomic E-state index is 13.2. The summed E-state index contributed by atoms with van der Waals surface area (Å²) in [5, 5.41) is 3.33. The zero-order valence-corrected chi connectivity index (χ0v) is 20.2. The molecule has 9 heteroatoms. The molecule has 31 heavy (non-hydrogen) atoms. The Hall–Kier alpha value is -2.45. The molecule has 0 aliphatic carbocycles. The third kappa shape index (κ3) is 5.83. The number of carbonyl (C=O) groups is 1. The molecule has 2 atom stereocenters. The van der Waals surface area contributed by atoms with Crippen LogP contribution in [-0.4, -0.2) is 40.8 Å². The first-order valence-electron chi connectivity index (χ1n) is 9.81. The molecular weight excluding hydrogens is 440 g/mol. The Balaban J connectivity index is 2.39. The molecule has 0 fully saturated rings. The van der Waals surface area contributed by atoms with Gasteiger partial charge in [0.15, 0.2) is 0 Å². The first kappa shape index (κ1) is 24.8. The van der Waals surface area contributed by atoms with Crippen molar-refractivity contribution in [2.75, 3.05) is 24.8 Å². The fourth-order valence-electron chi connectivity index (χ4n) is 3.34. The van der Waals surface area contributed by atoms with Crippen LogP contribution in [0.4, 0.5) is 5.69 Å². The van der Waals surface area contributed by atoms with Gasteiger partial charge in [-0.1, -0.05) is 24.6 Å². The van der Waals surface area contributed by atoms with Crippen LogP contribution in [0.1, 0.15) is 37.4 Å². The lowest BCUT2D eigenvalue weighted by Crippen LogP contribution is -2.49. The van der Waals surface area contributed by atoms with Gasteiger partial charge >= 0.3 is 0 Å². The molecule has 0 aliphatic rings. The van der Waals surface area contributed by atoms with Crippen LogP contribution in [0, 0.1) is 6.92 Å². The molecule has 2 rings (SSSR count). The number of aryl methyl sites for hydroxylation is 1. The average molecular weight is 469 g/mol.